The van der Waals surface area contributed by atoms with Crippen molar-refractivity contribution in [2.75, 3.05) is 6.61 Å². The molecule has 1 aliphatic carbocycles. The molecule has 0 aromatic rings. The zero-order valence-electron chi connectivity index (χ0n) is 8.27. The lowest BCUT2D eigenvalue weighted by molar-refractivity contribution is 0.0491. The van der Waals surface area contributed by atoms with Crippen LogP contribution in [0.1, 0.15) is 46.0 Å². The maximum atomic E-state index is 9.19. The van der Waals surface area contributed by atoms with E-state index in [0.717, 1.165) is 0 Å². The molecule has 0 radical (unpaired) electrons. The topological polar surface area (TPSA) is 46.2 Å². The van der Waals surface area contributed by atoms with Gasteiger partial charge in [-0.25, -0.2) is 0 Å². The molecule has 1 unspecified atom stereocenters. The van der Waals surface area contributed by atoms with Gasteiger partial charge in [-0.2, -0.15) is 0 Å². The van der Waals surface area contributed by atoms with Gasteiger partial charge in [0.15, 0.2) is 0 Å². The third-order valence-electron chi connectivity index (χ3n) is 3.66. The normalized spacial score (nSPS) is 28.0. The molecule has 0 aromatic carbocycles. The minimum absolute atomic E-state index is 0.101. The van der Waals surface area contributed by atoms with E-state index in [-0.39, 0.29) is 12.0 Å². The number of hydrogen-bond donors (Lipinski definition) is 2. The zero-order chi connectivity index (χ0) is 9.24. The van der Waals surface area contributed by atoms with E-state index in [1.165, 1.54) is 32.1 Å². The summed E-state index contributed by atoms with van der Waals surface area (Å²) in [5.74, 6) is 0. The molecule has 1 fully saturated rings. The van der Waals surface area contributed by atoms with Crippen LogP contribution in [0.5, 0.6) is 0 Å². The summed E-state index contributed by atoms with van der Waals surface area (Å²) < 4.78 is 0. The third-order valence-corrected chi connectivity index (χ3v) is 3.66. The molecule has 1 saturated carbocycles. The van der Waals surface area contributed by atoms with Crippen LogP contribution in [-0.2, 0) is 0 Å². The Bertz CT molecular complexity index is 148. The Morgan fingerprint density at radius 1 is 1.33 bits per heavy atom. The molecule has 0 aliphatic heterocycles. The molecule has 1 rings (SSSR count). The van der Waals surface area contributed by atoms with E-state index >= 15 is 0 Å². The molecule has 0 aromatic heterocycles. The van der Waals surface area contributed by atoms with Gasteiger partial charge in [-0.3, -0.25) is 0 Å². The zero-order valence-corrected chi connectivity index (χ0v) is 8.27. The van der Waals surface area contributed by atoms with E-state index in [0.29, 0.717) is 0 Å². The Morgan fingerprint density at radius 2 is 1.83 bits per heavy atom. The van der Waals surface area contributed by atoms with Crippen LogP contribution < -0.4 is 5.73 Å². The second-order valence-electron chi connectivity index (χ2n) is 4.70. The minimum Gasteiger partial charge on any atom is -0.394 e. The van der Waals surface area contributed by atoms with E-state index in [9.17, 15) is 5.11 Å². The smallest absolute Gasteiger partial charge is 0.0613 e. The quantitative estimate of drug-likeness (QED) is 0.664. The van der Waals surface area contributed by atoms with Crippen molar-refractivity contribution >= 4 is 0 Å². The average molecular weight is 171 g/mol. The molecule has 1 atom stereocenters. The Kier molecular flexibility index (Phi) is 2.79. The minimum atomic E-state index is -0.395. The second kappa shape index (κ2) is 3.35. The molecule has 3 N–H and O–H groups in total. The Morgan fingerprint density at radius 3 is 2.25 bits per heavy atom. The van der Waals surface area contributed by atoms with Crippen molar-refractivity contribution in [1.82, 2.24) is 0 Å². The van der Waals surface area contributed by atoms with Gasteiger partial charge >= 0.3 is 0 Å². The fourth-order valence-corrected chi connectivity index (χ4v) is 2.09. The van der Waals surface area contributed by atoms with E-state index in [1.807, 2.05) is 6.92 Å². The van der Waals surface area contributed by atoms with E-state index < -0.39 is 5.54 Å². The van der Waals surface area contributed by atoms with Gasteiger partial charge in [-0.15, -0.1) is 0 Å². The van der Waals surface area contributed by atoms with Gasteiger partial charge in [0.1, 0.15) is 0 Å². The Balaban J connectivity index is 2.68. The van der Waals surface area contributed by atoms with Crippen LogP contribution in [0, 0.1) is 5.41 Å². The number of nitrogens with two attached hydrogens (primary N) is 1. The van der Waals surface area contributed by atoms with E-state index in [1.54, 1.807) is 0 Å². The van der Waals surface area contributed by atoms with Crippen LogP contribution in [0.15, 0.2) is 0 Å². The van der Waals surface area contributed by atoms with Crippen molar-refractivity contribution in [2.45, 2.75) is 51.5 Å². The van der Waals surface area contributed by atoms with Crippen LogP contribution in [0.2, 0.25) is 0 Å². The molecule has 1 aliphatic rings. The van der Waals surface area contributed by atoms with Gasteiger partial charge in [0.25, 0.3) is 0 Å². The lowest BCUT2D eigenvalue weighted by Crippen LogP contribution is -2.55. The van der Waals surface area contributed by atoms with Crippen molar-refractivity contribution in [2.24, 2.45) is 11.1 Å². The van der Waals surface area contributed by atoms with Gasteiger partial charge in [-0.1, -0.05) is 26.2 Å². The summed E-state index contributed by atoms with van der Waals surface area (Å²) in [4.78, 5) is 0. The molecule has 2 nitrogen and oxygen atoms in total. The Hall–Kier alpha value is -0.0800. The summed E-state index contributed by atoms with van der Waals surface area (Å²) in [5.41, 5.74) is 5.83. The summed E-state index contributed by atoms with van der Waals surface area (Å²) >= 11 is 0. The van der Waals surface area contributed by atoms with Crippen LogP contribution in [0.4, 0.5) is 0 Å². The predicted molar refractivity (Wildman–Crippen MR) is 50.9 cm³/mol. The summed E-state index contributed by atoms with van der Waals surface area (Å²) in [7, 11) is 0. The van der Waals surface area contributed by atoms with Gasteiger partial charge in [0, 0.05) is 5.54 Å². The van der Waals surface area contributed by atoms with Crippen LogP contribution >= 0.6 is 0 Å². The van der Waals surface area contributed by atoms with Gasteiger partial charge in [0.05, 0.1) is 6.61 Å². The van der Waals surface area contributed by atoms with Crippen molar-refractivity contribution < 1.29 is 5.11 Å². The molecule has 0 spiro atoms. The van der Waals surface area contributed by atoms with Crippen molar-refractivity contribution in [3.63, 3.8) is 0 Å². The molecular weight excluding hydrogens is 150 g/mol. The van der Waals surface area contributed by atoms with Crippen LogP contribution in [0.25, 0.3) is 0 Å². The number of hydrogen-bond acceptors (Lipinski definition) is 2. The van der Waals surface area contributed by atoms with Crippen LogP contribution in [-0.4, -0.2) is 17.3 Å². The number of aliphatic hydroxyl groups is 1. The molecule has 72 valence electrons. The molecule has 0 saturated heterocycles. The van der Waals surface area contributed by atoms with Gasteiger partial charge in [0.2, 0.25) is 0 Å². The first-order valence-corrected chi connectivity index (χ1v) is 4.92. The highest BCUT2D eigenvalue weighted by atomic mass is 16.3. The standard InChI is InChI=1S/C10H21NO/c1-9(10(2,11)8-12)6-4-3-5-7-9/h12H,3-8,11H2,1-2H3. The highest BCUT2D eigenvalue weighted by Crippen LogP contribution is 2.42. The molecule has 0 amide bonds. The monoisotopic (exact) mass is 171 g/mol. The van der Waals surface area contributed by atoms with E-state index in [2.05, 4.69) is 6.92 Å². The first kappa shape index (κ1) is 10.0. The van der Waals surface area contributed by atoms with Crippen molar-refractivity contribution in [3.05, 3.63) is 0 Å². The predicted octanol–water partition coefficient (Wildman–Crippen LogP) is 1.67. The first-order valence-electron chi connectivity index (χ1n) is 4.92. The van der Waals surface area contributed by atoms with Crippen molar-refractivity contribution in [1.29, 1.82) is 0 Å². The third kappa shape index (κ3) is 1.64. The molecule has 0 bridgehead atoms. The average Bonchev–Trinajstić information content (AvgIpc) is 2.06. The first-order chi connectivity index (χ1) is 5.52. The summed E-state index contributed by atoms with van der Waals surface area (Å²) in [6, 6.07) is 0. The van der Waals surface area contributed by atoms with E-state index in [4.69, 9.17) is 5.73 Å². The fraction of sp³-hybridized carbons (Fsp3) is 1.00. The molecule has 12 heavy (non-hydrogen) atoms. The lowest BCUT2D eigenvalue weighted by atomic mass is 9.64. The second-order valence-corrected chi connectivity index (χ2v) is 4.70. The summed E-state index contributed by atoms with van der Waals surface area (Å²) in [5, 5.41) is 9.19. The SMILES string of the molecule is CC(N)(CO)C1(C)CCCCC1. The lowest BCUT2D eigenvalue weighted by Gasteiger charge is -2.45. The Labute approximate surface area is 75.2 Å². The molecule has 0 heterocycles. The highest BCUT2D eigenvalue weighted by molar-refractivity contribution is 4.97. The highest BCUT2D eigenvalue weighted by Gasteiger charge is 2.41. The molecular formula is C10H21NO. The number of aliphatic hydroxyl groups excluding tert-OH is 1. The summed E-state index contributed by atoms with van der Waals surface area (Å²) in [6.45, 7) is 4.28. The maximum Gasteiger partial charge on any atom is 0.0613 e. The van der Waals surface area contributed by atoms with Crippen molar-refractivity contribution in [3.8, 4) is 0 Å². The maximum absolute atomic E-state index is 9.19. The van der Waals surface area contributed by atoms with Crippen LogP contribution in [0.3, 0.4) is 0 Å². The number of rotatable bonds is 2. The van der Waals surface area contributed by atoms with Gasteiger partial charge < -0.3 is 10.8 Å². The fourth-order valence-electron chi connectivity index (χ4n) is 2.09. The van der Waals surface area contributed by atoms with Gasteiger partial charge in [-0.05, 0) is 25.2 Å². The summed E-state index contributed by atoms with van der Waals surface area (Å²) in [6.07, 6.45) is 6.20. The molecule has 2 heteroatoms. The largest absolute Gasteiger partial charge is 0.394 e.